The highest BCUT2D eigenvalue weighted by Gasteiger charge is 2.24. The van der Waals surface area contributed by atoms with E-state index in [1.165, 1.54) is 17.3 Å². The molecule has 1 amide bonds. The van der Waals surface area contributed by atoms with E-state index in [-0.39, 0.29) is 24.0 Å². The van der Waals surface area contributed by atoms with Crippen molar-refractivity contribution < 1.29 is 13.6 Å². The number of benzene rings is 2. The standard InChI is InChI=1S/C23H24FN3O2/c1-16-6-5-7-18(14-16)26-10-12-27(13-11-26)22(28)15-21-17(2)29-23(25-21)19-8-3-4-9-20(19)24/h3-9,14H,10-13,15H2,1-2H3. The van der Waals surface area contributed by atoms with E-state index >= 15 is 0 Å². The fourth-order valence-electron chi connectivity index (χ4n) is 3.64. The first kappa shape index (κ1) is 19.2. The van der Waals surface area contributed by atoms with Gasteiger partial charge in [0.1, 0.15) is 11.6 Å². The number of carbonyl (C=O) groups is 1. The fourth-order valence-corrected chi connectivity index (χ4v) is 3.64. The lowest BCUT2D eigenvalue weighted by Crippen LogP contribution is -2.49. The first-order valence-corrected chi connectivity index (χ1v) is 9.82. The largest absolute Gasteiger partial charge is 0.441 e. The van der Waals surface area contributed by atoms with Gasteiger partial charge < -0.3 is 14.2 Å². The van der Waals surface area contributed by atoms with E-state index in [2.05, 4.69) is 41.1 Å². The van der Waals surface area contributed by atoms with Crippen LogP contribution in [0.4, 0.5) is 10.1 Å². The van der Waals surface area contributed by atoms with Gasteiger partial charge in [0.2, 0.25) is 11.8 Å². The van der Waals surface area contributed by atoms with E-state index in [0.29, 0.717) is 30.1 Å². The van der Waals surface area contributed by atoms with Gasteiger partial charge in [0.05, 0.1) is 17.7 Å². The SMILES string of the molecule is Cc1cccc(N2CCN(C(=O)Cc3nc(-c4ccccc4F)oc3C)CC2)c1. The van der Waals surface area contributed by atoms with Crippen LogP contribution >= 0.6 is 0 Å². The third kappa shape index (κ3) is 4.16. The fraction of sp³-hybridized carbons (Fsp3) is 0.304. The third-order valence-electron chi connectivity index (χ3n) is 5.31. The molecule has 3 aromatic rings. The van der Waals surface area contributed by atoms with Crippen LogP contribution in [0.2, 0.25) is 0 Å². The van der Waals surface area contributed by atoms with Crippen LogP contribution in [0.1, 0.15) is 17.0 Å². The maximum absolute atomic E-state index is 14.0. The molecule has 150 valence electrons. The van der Waals surface area contributed by atoms with Gasteiger partial charge in [-0.1, -0.05) is 24.3 Å². The number of hydrogen-bond acceptors (Lipinski definition) is 4. The maximum atomic E-state index is 14.0. The highest BCUT2D eigenvalue weighted by atomic mass is 19.1. The average molecular weight is 393 g/mol. The van der Waals surface area contributed by atoms with Crippen molar-refractivity contribution in [3.8, 4) is 11.5 Å². The molecular weight excluding hydrogens is 369 g/mol. The number of nitrogens with zero attached hydrogens (tertiary/aromatic N) is 3. The van der Waals surface area contributed by atoms with Crippen LogP contribution in [-0.4, -0.2) is 42.0 Å². The van der Waals surface area contributed by atoms with Crippen molar-refractivity contribution in [3.05, 3.63) is 71.4 Å². The van der Waals surface area contributed by atoms with Crippen molar-refractivity contribution in [1.82, 2.24) is 9.88 Å². The smallest absolute Gasteiger partial charge is 0.229 e. The predicted molar refractivity (Wildman–Crippen MR) is 110 cm³/mol. The van der Waals surface area contributed by atoms with Crippen molar-refractivity contribution in [1.29, 1.82) is 0 Å². The highest BCUT2D eigenvalue weighted by molar-refractivity contribution is 5.79. The first-order chi connectivity index (χ1) is 14.0. The van der Waals surface area contributed by atoms with E-state index in [9.17, 15) is 9.18 Å². The van der Waals surface area contributed by atoms with Crippen LogP contribution in [0, 0.1) is 19.7 Å². The second kappa shape index (κ2) is 8.07. The monoisotopic (exact) mass is 393 g/mol. The zero-order chi connectivity index (χ0) is 20.4. The molecule has 0 N–H and O–H groups in total. The summed E-state index contributed by atoms with van der Waals surface area (Å²) in [6, 6.07) is 14.8. The average Bonchev–Trinajstić information content (AvgIpc) is 3.08. The van der Waals surface area contributed by atoms with Crippen molar-refractivity contribution in [2.24, 2.45) is 0 Å². The molecule has 29 heavy (non-hydrogen) atoms. The molecule has 0 atom stereocenters. The molecule has 1 saturated heterocycles. The molecular formula is C23H24FN3O2. The number of aromatic nitrogens is 1. The Morgan fingerprint density at radius 1 is 1.07 bits per heavy atom. The van der Waals surface area contributed by atoms with Crippen LogP contribution < -0.4 is 4.90 Å². The summed E-state index contributed by atoms with van der Waals surface area (Å²) in [6.45, 7) is 6.78. The van der Waals surface area contributed by atoms with Gasteiger partial charge in [-0.2, -0.15) is 0 Å². The number of aryl methyl sites for hydroxylation is 2. The van der Waals surface area contributed by atoms with Crippen molar-refractivity contribution in [2.45, 2.75) is 20.3 Å². The Hall–Kier alpha value is -3.15. The number of piperazine rings is 1. The zero-order valence-electron chi connectivity index (χ0n) is 16.7. The Kier molecular flexibility index (Phi) is 5.34. The molecule has 0 spiro atoms. The quantitative estimate of drug-likeness (QED) is 0.673. The van der Waals surface area contributed by atoms with E-state index in [0.717, 1.165) is 13.1 Å². The molecule has 1 aromatic heterocycles. The minimum absolute atomic E-state index is 0.0189. The van der Waals surface area contributed by atoms with E-state index in [1.54, 1.807) is 25.1 Å². The summed E-state index contributed by atoms with van der Waals surface area (Å²) < 4.78 is 19.6. The second-order valence-electron chi connectivity index (χ2n) is 7.39. The van der Waals surface area contributed by atoms with Gasteiger partial charge in [-0.15, -0.1) is 0 Å². The van der Waals surface area contributed by atoms with Crippen LogP contribution in [0.25, 0.3) is 11.5 Å². The lowest BCUT2D eigenvalue weighted by atomic mass is 10.1. The van der Waals surface area contributed by atoms with Gasteiger partial charge in [-0.3, -0.25) is 4.79 Å². The minimum Gasteiger partial charge on any atom is -0.441 e. The van der Waals surface area contributed by atoms with Crippen LogP contribution in [-0.2, 0) is 11.2 Å². The molecule has 0 aliphatic carbocycles. The number of amides is 1. The van der Waals surface area contributed by atoms with Gasteiger partial charge in [-0.25, -0.2) is 9.37 Å². The molecule has 2 aromatic carbocycles. The summed E-state index contributed by atoms with van der Waals surface area (Å²) >= 11 is 0. The minimum atomic E-state index is -0.390. The Morgan fingerprint density at radius 2 is 1.83 bits per heavy atom. The summed E-state index contributed by atoms with van der Waals surface area (Å²) in [5, 5.41) is 0. The third-order valence-corrected chi connectivity index (χ3v) is 5.31. The molecule has 0 unspecified atom stereocenters. The molecule has 2 heterocycles. The Labute approximate surface area is 169 Å². The van der Waals surface area contributed by atoms with E-state index in [4.69, 9.17) is 4.42 Å². The number of rotatable bonds is 4. The zero-order valence-corrected chi connectivity index (χ0v) is 16.7. The molecule has 1 aliphatic rings. The molecule has 5 nitrogen and oxygen atoms in total. The number of halogens is 1. The number of anilines is 1. The van der Waals surface area contributed by atoms with Gasteiger partial charge >= 0.3 is 0 Å². The highest BCUT2D eigenvalue weighted by Crippen LogP contribution is 2.25. The number of oxazole rings is 1. The molecule has 4 rings (SSSR count). The Balaban J connectivity index is 1.40. The second-order valence-corrected chi connectivity index (χ2v) is 7.39. The van der Waals surface area contributed by atoms with Crippen LogP contribution in [0.5, 0.6) is 0 Å². The summed E-state index contributed by atoms with van der Waals surface area (Å²) in [6.07, 6.45) is 0.161. The van der Waals surface area contributed by atoms with Crippen LogP contribution in [0.3, 0.4) is 0 Å². The van der Waals surface area contributed by atoms with Gasteiger partial charge in [0, 0.05) is 31.9 Å². The molecule has 1 aliphatic heterocycles. The van der Waals surface area contributed by atoms with Gasteiger partial charge in [0.15, 0.2) is 0 Å². The lowest BCUT2D eigenvalue weighted by molar-refractivity contribution is -0.130. The van der Waals surface area contributed by atoms with Crippen LogP contribution in [0.15, 0.2) is 52.9 Å². The topological polar surface area (TPSA) is 49.6 Å². The van der Waals surface area contributed by atoms with Gasteiger partial charge in [0.25, 0.3) is 0 Å². The van der Waals surface area contributed by atoms with E-state index in [1.807, 2.05) is 4.90 Å². The molecule has 0 bridgehead atoms. The molecule has 0 saturated carbocycles. The summed E-state index contributed by atoms with van der Waals surface area (Å²) in [4.78, 5) is 21.3. The van der Waals surface area contributed by atoms with Gasteiger partial charge in [-0.05, 0) is 43.7 Å². The molecule has 6 heteroatoms. The summed E-state index contributed by atoms with van der Waals surface area (Å²) in [5.74, 6) is 0.395. The van der Waals surface area contributed by atoms with Crippen molar-refractivity contribution in [2.75, 3.05) is 31.1 Å². The van der Waals surface area contributed by atoms with Crippen molar-refractivity contribution >= 4 is 11.6 Å². The van der Waals surface area contributed by atoms with Crippen molar-refractivity contribution in [3.63, 3.8) is 0 Å². The normalized spacial score (nSPS) is 14.3. The molecule has 0 radical (unpaired) electrons. The maximum Gasteiger partial charge on any atom is 0.229 e. The lowest BCUT2D eigenvalue weighted by Gasteiger charge is -2.36. The molecule has 1 fully saturated rings. The number of carbonyl (C=O) groups excluding carboxylic acids is 1. The Bertz CT molecular complexity index is 1020. The summed E-state index contributed by atoms with van der Waals surface area (Å²) in [5.41, 5.74) is 3.29. The van der Waals surface area contributed by atoms with E-state index < -0.39 is 0 Å². The number of hydrogen-bond donors (Lipinski definition) is 0. The predicted octanol–water partition coefficient (Wildman–Crippen LogP) is 3.99. The Morgan fingerprint density at radius 3 is 2.55 bits per heavy atom. The first-order valence-electron chi connectivity index (χ1n) is 9.82. The summed E-state index contributed by atoms with van der Waals surface area (Å²) in [7, 11) is 0.